The molecule has 114 valence electrons. The average Bonchev–Trinajstić information content (AvgIpc) is 2.88. The summed E-state index contributed by atoms with van der Waals surface area (Å²) in [6.45, 7) is 7.95. The van der Waals surface area contributed by atoms with Crippen molar-refractivity contribution in [2.24, 2.45) is 0 Å². The number of hydrogen-bond acceptors (Lipinski definition) is 5. The summed E-state index contributed by atoms with van der Waals surface area (Å²) in [5.74, 6) is 2.75. The lowest BCUT2D eigenvalue weighted by Gasteiger charge is -2.14. The number of anilines is 2. The van der Waals surface area contributed by atoms with Gasteiger partial charge in [-0.15, -0.1) is 11.3 Å². The third-order valence-electron chi connectivity index (χ3n) is 3.15. The molecule has 0 atom stereocenters. The van der Waals surface area contributed by atoms with Gasteiger partial charge in [0.15, 0.2) is 0 Å². The first-order valence-corrected chi connectivity index (χ1v) is 8.84. The van der Waals surface area contributed by atoms with Gasteiger partial charge >= 0.3 is 0 Å². The van der Waals surface area contributed by atoms with E-state index in [2.05, 4.69) is 69.4 Å². The van der Waals surface area contributed by atoms with Crippen molar-refractivity contribution in [3.8, 4) is 0 Å². The van der Waals surface area contributed by atoms with Crippen molar-refractivity contribution < 1.29 is 0 Å². The van der Waals surface area contributed by atoms with Gasteiger partial charge in [0.05, 0.1) is 3.79 Å². The van der Waals surface area contributed by atoms with Crippen molar-refractivity contribution >= 4 is 38.9 Å². The molecule has 0 unspecified atom stereocenters. The van der Waals surface area contributed by atoms with Crippen molar-refractivity contribution in [1.82, 2.24) is 9.97 Å². The van der Waals surface area contributed by atoms with Gasteiger partial charge in [-0.2, -0.15) is 0 Å². The van der Waals surface area contributed by atoms with E-state index in [9.17, 15) is 0 Å². The van der Waals surface area contributed by atoms with Gasteiger partial charge in [-0.3, -0.25) is 0 Å². The number of thiophene rings is 1. The third-order valence-corrected chi connectivity index (χ3v) is 4.83. The Balaban J connectivity index is 2.05. The molecule has 0 spiro atoms. The normalized spacial score (nSPS) is 10.7. The zero-order valence-corrected chi connectivity index (χ0v) is 15.1. The maximum absolute atomic E-state index is 4.60. The molecule has 0 aliphatic heterocycles. The SMILES string of the molecule is CCNc1nc(CC)nc(NCCc2ccc(Br)s2)c1C. The van der Waals surface area contributed by atoms with Crippen LogP contribution < -0.4 is 10.6 Å². The highest BCUT2D eigenvalue weighted by Crippen LogP contribution is 2.23. The van der Waals surface area contributed by atoms with Crippen LogP contribution in [0.4, 0.5) is 11.6 Å². The zero-order chi connectivity index (χ0) is 15.2. The highest BCUT2D eigenvalue weighted by atomic mass is 79.9. The molecule has 2 heterocycles. The molecule has 2 aromatic rings. The van der Waals surface area contributed by atoms with Crippen LogP contribution in [-0.4, -0.2) is 23.1 Å². The molecule has 2 N–H and O–H groups in total. The number of nitrogens with zero attached hydrogens (tertiary/aromatic N) is 2. The molecule has 0 aliphatic rings. The first-order valence-electron chi connectivity index (χ1n) is 7.23. The first-order chi connectivity index (χ1) is 10.1. The van der Waals surface area contributed by atoms with Crippen molar-refractivity contribution in [2.45, 2.75) is 33.6 Å². The second-order valence-electron chi connectivity index (χ2n) is 4.73. The van der Waals surface area contributed by atoms with Crippen LogP contribution in [-0.2, 0) is 12.8 Å². The van der Waals surface area contributed by atoms with Gasteiger partial charge < -0.3 is 10.6 Å². The molecule has 0 radical (unpaired) electrons. The smallest absolute Gasteiger partial charge is 0.134 e. The fourth-order valence-corrected chi connectivity index (χ4v) is 3.51. The Labute approximate surface area is 138 Å². The molecule has 0 aromatic carbocycles. The number of rotatable bonds is 7. The summed E-state index contributed by atoms with van der Waals surface area (Å²) < 4.78 is 1.18. The van der Waals surface area contributed by atoms with E-state index in [0.717, 1.165) is 49.0 Å². The molecule has 4 nitrogen and oxygen atoms in total. The van der Waals surface area contributed by atoms with Crippen LogP contribution in [0, 0.1) is 6.92 Å². The topological polar surface area (TPSA) is 49.8 Å². The fourth-order valence-electron chi connectivity index (χ4n) is 2.02. The third kappa shape index (κ3) is 4.41. The Hall–Kier alpha value is -1.14. The van der Waals surface area contributed by atoms with Crippen molar-refractivity contribution in [3.05, 3.63) is 32.2 Å². The number of aryl methyl sites for hydroxylation is 1. The Morgan fingerprint density at radius 2 is 1.86 bits per heavy atom. The molecule has 0 aliphatic carbocycles. The molecular formula is C15H21BrN4S. The van der Waals surface area contributed by atoms with Crippen molar-refractivity contribution in [1.29, 1.82) is 0 Å². The minimum atomic E-state index is 0.839. The summed E-state index contributed by atoms with van der Waals surface area (Å²) >= 11 is 5.27. The predicted octanol–water partition coefficient (Wildman–Crippen LogP) is 4.26. The van der Waals surface area contributed by atoms with Gasteiger partial charge in [-0.1, -0.05) is 6.92 Å². The predicted molar refractivity (Wildman–Crippen MR) is 94.5 cm³/mol. The van der Waals surface area contributed by atoms with E-state index in [0.29, 0.717) is 0 Å². The van der Waals surface area contributed by atoms with Gasteiger partial charge in [-0.05, 0) is 48.3 Å². The number of nitrogens with one attached hydrogen (secondary N) is 2. The van der Waals surface area contributed by atoms with E-state index in [-0.39, 0.29) is 0 Å². The van der Waals surface area contributed by atoms with Gasteiger partial charge in [0.2, 0.25) is 0 Å². The van der Waals surface area contributed by atoms with Crippen LogP contribution in [0.5, 0.6) is 0 Å². The summed E-state index contributed by atoms with van der Waals surface area (Å²) in [5, 5.41) is 6.75. The minimum Gasteiger partial charge on any atom is -0.370 e. The van der Waals surface area contributed by atoms with Crippen LogP contribution in [0.1, 0.15) is 30.1 Å². The molecule has 2 aromatic heterocycles. The Morgan fingerprint density at radius 1 is 1.14 bits per heavy atom. The van der Waals surface area contributed by atoms with Gasteiger partial charge in [0, 0.05) is 30.0 Å². The van der Waals surface area contributed by atoms with E-state index in [4.69, 9.17) is 0 Å². The van der Waals surface area contributed by atoms with Crippen LogP contribution >= 0.6 is 27.3 Å². The lowest BCUT2D eigenvalue weighted by Crippen LogP contribution is -2.12. The average molecular weight is 369 g/mol. The van der Waals surface area contributed by atoms with E-state index >= 15 is 0 Å². The standard InChI is InChI=1S/C15H21BrN4S/c1-4-13-19-14(17-5-2)10(3)15(20-13)18-9-8-11-6-7-12(16)21-11/h6-7H,4-5,8-9H2,1-3H3,(H2,17,18,19,20). The summed E-state index contributed by atoms with van der Waals surface area (Å²) in [5.41, 5.74) is 1.08. The lowest BCUT2D eigenvalue weighted by molar-refractivity contribution is 0.915. The molecule has 0 saturated heterocycles. The highest BCUT2D eigenvalue weighted by molar-refractivity contribution is 9.11. The molecule has 0 amide bonds. The summed E-state index contributed by atoms with van der Waals surface area (Å²) in [4.78, 5) is 10.5. The van der Waals surface area contributed by atoms with E-state index in [1.54, 1.807) is 11.3 Å². The van der Waals surface area contributed by atoms with Gasteiger partial charge in [-0.25, -0.2) is 9.97 Å². The van der Waals surface area contributed by atoms with Crippen LogP contribution in [0.25, 0.3) is 0 Å². The number of hydrogen-bond donors (Lipinski definition) is 2. The molecule has 0 fully saturated rings. The molecule has 21 heavy (non-hydrogen) atoms. The largest absolute Gasteiger partial charge is 0.370 e. The Kier molecular flexibility index (Phi) is 5.99. The van der Waals surface area contributed by atoms with E-state index in [1.165, 1.54) is 8.66 Å². The molecular weight excluding hydrogens is 348 g/mol. The summed E-state index contributed by atoms with van der Waals surface area (Å²) in [7, 11) is 0. The number of halogens is 1. The van der Waals surface area contributed by atoms with Crippen LogP contribution in [0.3, 0.4) is 0 Å². The van der Waals surface area contributed by atoms with Crippen molar-refractivity contribution in [2.75, 3.05) is 23.7 Å². The minimum absolute atomic E-state index is 0.839. The molecule has 6 heteroatoms. The quantitative estimate of drug-likeness (QED) is 0.766. The lowest BCUT2D eigenvalue weighted by atomic mass is 10.2. The Morgan fingerprint density at radius 3 is 2.43 bits per heavy atom. The first kappa shape index (κ1) is 16.2. The second-order valence-corrected chi connectivity index (χ2v) is 7.28. The maximum atomic E-state index is 4.60. The molecule has 2 rings (SSSR count). The molecule has 0 bridgehead atoms. The fraction of sp³-hybridized carbons (Fsp3) is 0.467. The highest BCUT2D eigenvalue weighted by Gasteiger charge is 2.09. The zero-order valence-electron chi connectivity index (χ0n) is 12.7. The number of aromatic nitrogens is 2. The van der Waals surface area contributed by atoms with Gasteiger partial charge in [0.1, 0.15) is 17.5 Å². The van der Waals surface area contributed by atoms with Crippen molar-refractivity contribution in [3.63, 3.8) is 0 Å². The van der Waals surface area contributed by atoms with Gasteiger partial charge in [0.25, 0.3) is 0 Å². The van der Waals surface area contributed by atoms with E-state index in [1.807, 2.05) is 0 Å². The Bertz CT molecular complexity index is 597. The monoisotopic (exact) mass is 368 g/mol. The molecule has 0 saturated carbocycles. The second kappa shape index (κ2) is 7.75. The maximum Gasteiger partial charge on any atom is 0.134 e. The summed E-state index contributed by atoms with van der Waals surface area (Å²) in [6, 6.07) is 4.25. The van der Waals surface area contributed by atoms with Crippen LogP contribution in [0.2, 0.25) is 0 Å². The van der Waals surface area contributed by atoms with Crippen LogP contribution in [0.15, 0.2) is 15.9 Å². The summed E-state index contributed by atoms with van der Waals surface area (Å²) in [6.07, 6.45) is 1.84. The van der Waals surface area contributed by atoms with E-state index < -0.39 is 0 Å².